The Labute approximate surface area is 243 Å². The summed E-state index contributed by atoms with van der Waals surface area (Å²) in [6.07, 6.45) is -8.30. The number of carbonyl (C=O) groups excluding carboxylic acids is 2. The standard InChI is InChI=1S/C29H30F6N4O2S/c1-5-38(6-2)13-12-36-24-22(42-26(41)37-24)14-17-8-7-9-21-23(17)27(3,4)25(40)39(21)16-18-10-11-19(28(30,31)32)15-20(18)29(33,34)35/h7-11,14-15H,5-6,12-13,16H2,1-4H3,(H,36,37,41)/b22-14-. The van der Waals surface area contributed by atoms with Crippen molar-refractivity contribution in [2.45, 2.75) is 52.0 Å². The Morgan fingerprint density at radius 1 is 1.02 bits per heavy atom. The molecule has 0 spiro atoms. The van der Waals surface area contributed by atoms with E-state index in [0.29, 0.717) is 46.7 Å². The molecule has 1 N–H and O–H groups in total. The highest BCUT2D eigenvalue weighted by Gasteiger charge is 2.46. The van der Waals surface area contributed by atoms with E-state index in [-0.39, 0.29) is 11.3 Å². The van der Waals surface area contributed by atoms with Crippen LogP contribution in [0.2, 0.25) is 0 Å². The van der Waals surface area contributed by atoms with Gasteiger partial charge in [0.15, 0.2) is 0 Å². The number of rotatable bonds is 8. The molecule has 42 heavy (non-hydrogen) atoms. The number of hydrogen-bond donors (Lipinski definition) is 1. The van der Waals surface area contributed by atoms with Gasteiger partial charge < -0.3 is 15.1 Å². The third-order valence-corrected chi connectivity index (χ3v) is 8.18. The summed E-state index contributed by atoms with van der Waals surface area (Å²) in [6, 6.07) is 6.39. The minimum absolute atomic E-state index is 0.0746. The fraction of sp³-hybridized carbons (Fsp3) is 0.414. The van der Waals surface area contributed by atoms with Crippen LogP contribution >= 0.6 is 11.8 Å². The van der Waals surface area contributed by atoms with Crippen LogP contribution in [0.15, 0.2) is 46.3 Å². The monoisotopic (exact) mass is 612 g/mol. The lowest BCUT2D eigenvalue weighted by Crippen LogP contribution is -2.36. The van der Waals surface area contributed by atoms with Crippen LogP contribution in [0.25, 0.3) is 6.08 Å². The fourth-order valence-corrected chi connectivity index (χ4v) is 5.90. The highest BCUT2D eigenvalue weighted by Crippen LogP contribution is 2.46. The first-order valence-electron chi connectivity index (χ1n) is 13.3. The van der Waals surface area contributed by atoms with Crippen LogP contribution in [-0.2, 0) is 29.1 Å². The molecule has 6 nitrogen and oxygen atoms in total. The number of benzene rings is 2. The molecule has 4 rings (SSSR count). The second-order valence-electron chi connectivity index (χ2n) is 10.4. The summed E-state index contributed by atoms with van der Waals surface area (Å²) in [4.78, 5) is 34.3. The van der Waals surface area contributed by atoms with Crippen LogP contribution in [0.5, 0.6) is 0 Å². The minimum Gasteiger partial charge on any atom is -0.307 e. The largest absolute Gasteiger partial charge is 0.416 e. The van der Waals surface area contributed by atoms with Gasteiger partial charge in [-0.3, -0.25) is 14.6 Å². The Balaban J connectivity index is 1.73. The minimum atomic E-state index is -5.07. The molecule has 2 amide bonds. The summed E-state index contributed by atoms with van der Waals surface area (Å²) in [5.41, 5.74) is -3.05. The van der Waals surface area contributed by atoms with Crippen molar-refractivity contribution < 1.29 is 35.9 Å². The third-order valence-electron chi connectivity index (χ3n) is 7.37. The molecular weight excluding hydrogens is 582 g/mol. The summed E-state index contributed by atoms with van der Waals surface area (Å²) in [5, 5.41) is 2.42. The number of aliphatic imine (C=N–C) groups is 1. The van der Waals surface area contributed by atoms with Gasteiger partial charge in [-0.15, -0.1) is 0 Å². The van der Waals surface area contributed by atoms with Crippen molar-refractivity contribution in [3.63, 3.8) is 0 Å². The van der Waals surface area contributed by atoms with E-state index in [9.17, 15) is 35.9 Å². The second-order valence-corrected chi connectivity index (χ2v) is 11.4. The lowest BCUT2D eigenvalue weighted by atomic mass is 9.83. The van der Waals surface area contributed by atoms with Gasteiger partial charge in [0.05, 0.1) is 34.5 Å². The molecule has 0 radical (unpaired) electrons. The van der Waals surface area contributed by atoms with E-state index in [2.05, 4.69) is 15.2 Å². The van der Waals surface area contributed by atoms with Crippen molar-refractivity contribution in [1.82, 2.24) is 10.2 Å². The van der Waals surface area contributed by atoms with E-state index in [1.54, 1.807) is 38.1 Å². The van der Waals surface area contributed by atoms with E-state index in [1.807, 2.05) is 13.8 Å². The molecule has 0 bridgehead atoms. The molecule has 0 atom stereocenters. The van der Waals surface area contributed by atoms with Crippen LogP contribution < -0.4 is 10.2 Å². The molecule has 226 valence electrons. The molecule has 2 heterocycles. The molecule has 0 aromatic heterocycles. The molecule has 2 aliphatic rings. The predicted molar refractivity (Wildman–Crippen MR) is 151 cm³/mol. The summed E-state index contributed by atoms with van der Waals surface area (Å²) in [7, 11) is 0. The van der Waals surface area contributed by atoms with Gasteiger partial charge in [-0.25, -0.2) is 0 Å². The number of nitrogens with zero attached hydrogens (tertiary/aromatic N) is 3. The van der Waals surface area contributed by atoms with Gasteiger partial charge in [0.25, 0.3) is 5.24 Å². The number of amides is 2. The van der Waals surface area contributed by atoms with Crippen LogP contribution in [0.1, 0.15) is 55.5 Å². The molecule has 0 unspecified atom stereocenters. The Bertz CT molecular complexity index is 1440. The van der Waals surface area contributed by atoms with Gasteiger partial charge in [-0.05, 0) is 79.7 Å². The van der Waals surface area contributed by atoms with E-state index < -0.39 is 46.9 Å². The van der Waals surface area contributed by atoms with Crippen molar-refractivity contribution >= 4 is 40.5 Å². The first-order valence-corrected chi connectivity index (χ1v) is 14.1. The van der Waals surface area contributed by atoms with E-state index in [0.717, 1.165) is 30.9 Å². The molecule has 2 aliphatic heterocycles. The van der Waals surface area contributed by atoms with Crippen molar-refractivity contribution in [3.05, 3.63) is 69.1 Å². The number of likely N-dealkylation sites (N-methyl/N-ethyl adjacent to an activating group) is 1. The first-order chi connectivity index (χ1) is 19.6. The number of amidine groups is 1. The molecule has 0 aliphatic carbocycles. The highest BCUT2D eigenvalue weighted by atomic mass is 32.2. The van der Waals surface area contributed by atoms with E-state index in [1.165, 1.54) is 4.90 Å². The molecule has 1 fully saturated rings. The lowest BCUT2D eigenvalue weighted by Gasteiger charge is -2.23. The SMILES string of the molecule is CCN(CC)CCN=C1NC(=O)S/C1=C\c1cccc2c1C(C)(C)C(=O)N2Cc1ccc(C(F)(F)F)cc1C(F)(F)F. The van der Waals surface area contributed by atoms with E-state index in [4.69, 9.17) is 0 Å². The first kappa shape index (κ1) is 31.6. The average Bonchev–Trinajstić information content (AvgIpc) is 3.34. The van der Waals surface area contributed by atoms with Crippen LogP contribution in [0.4, 0.5) is 36.8 Å². The molecule has 13 heteroatoms. The molecule has 2 aromatic rings. The molecule has 0 saturated carbocycles. The quantitative estimate of drug-likeness (QED) is 0.324. The van der Waals surface area contributed by atoms with Gasteiger partial charge >= 0.3 is 12.4 Å². The van der Waals surface area contributed by atoms with Gasteiger partial charge in [-0.1, -0.05) is 32.0 Å². The number of alkyl halides is 6. The summed E-state index contributed by atoms with van der Waals surface area (Å²) in [6.45, 7) is 9.65. The van der Waals surface area contributed by atoms with Crippen LogP contribution in [0.3, 0.4) is 0 Å². The lowest BCUT2D eigenvalue weighted by molar-refractivity contribution is -0.143. The highest BCUT2D eigenvalue weighted by molar-refractivity contribution is 8.18. The summed E-state index contributed by atoms with van der Waals surface area (Å²) in [5.74, 6) is -0.105. The van der Waals surface area contributed by atoms with E-state index >= 15 is 0 Å². The van der Waals surface area contributed by atoms with Gasteiger partial charge in [0.2, 0.25) is 5.91 Å². The van der Waals surface area contributed by atoms with Crippen molar-refractivity contribution in [2.24, 2.45) is 4.99 Å². The number of thioether (sulfide) groups is 1. The third kappa shape index (κ3) is 6.36. The van der Waals surface area contributed by atoms with Gasteiger partial charge in [0.1, 0.15) is 5.84 Å². The molecular formula is C29H30F6N4O2S. The number of fused-ring (bicyclic) bond motifs is 1. The zero-order valence-electron chi connectivity index (χ0n) is 23.4. The number of nitrogens with one attached hydrogen (secondary N) is 1. The smallest absolute Gasteiger partial charge is 0.307 e. The number of carbonyl (C=O) groups is 2. The fourth-order valence-electron chi connectivity index (χ4n) is 5.15. The summed E-state index contributed by atoms with van der Waals surface area (Å²) >= 11 is 0.948. The van der Waals surface area contributed by atoms with Crippen LogP contribution in [0, 0.1) is 0 Å². The Morgan fingerprint density at radius 2 is 1.71 bits per heavy atom. The zero-order valence-corrected chi connectivity index (χ0v) is 24.2. The second kappa shape index (κ2) is 11.8. The number of hydrogen-bond acceptors (Lipinski definition) is 5. The van der Waals surface area contributed by atoms with Crippen LogP contribution in [-0.4, -0.2) is 48.1 Å². The maximum atomic E-state index is 13.8. The number of halogens is 6. The van der Waals surface area contributed by atoms with Gasteiger partial charge in [0, 0.05) is 12.2 Å². The van der Waals surface area contributed by atoms with Crippen molar-refractivity contribution in [2.75, 3.05) is 31.1 Å². The Kier molecular flexibility index (Phi) is 8.85. The van der Waals surface area contributed by atoms with Crippen molar-refractivity contribution in [3.8, 4) is 0 Å². The average molecular weight is 613 g/mol. The molecule has 2 aromatic carbocycles. The Hall–Kier alpha value is -3.32. The maximum absolute atomic E-state index is 13.8. The normalized spacial score (nSPS) is 18.9. The molecule has 1 saturated heterocycles. The summed E-state index contributed by atoms with van der Waals surface area (Å²) < 4.78 is 81.1. The zero-order chi connectivity index (χ0) is 31.0. The Morgan fingerprint density at radius 3 is 2.33 bits per heavy atom. The number of anilines is 1. The predicted octanol–water partition coefficient (Wildman–Crippen LogP) is 7.09. The maximum Gasteiger partial charge on any atom is 0.416 e. The van der Waals surface area contributed by atoms with Gasteiger partial charge in [-0.2, -0.15) is 26.3 Å². The topological polar surface area (TPSA) is 65.0 Å². The van der Waals surface area contributed by atoms with Crippen molar-refractivity contribution in [1.29, 1.82) is 0 Å².